The SMILES string of the molecule is [O]CCCCCc1ccccc1Br. The smallest absolute Gasteiger partial charge is 0.0822 e. The van der Waals surface area contributed by atoms with Crippen molar-refractivity contribution in [2.24, 2.45) is 0 Å². The minimum absolute atomic E-state index is 0.0654. The largest absolute Gasteiger partial charge is 0.237 e. The highest BCUT2D eigenvalue weighted by Gasteiger charge is 1.97. The molecular weight excluding hydrogens is 228 g/mol. The maximum atomic E-state index is 10.2. The van der Waals surface area contributed by atoms with Crippen LogP contribution >= 0.6 is 15.9 Å². The van der Waals surface area contributed by atoms with Gasteiger partial charge in [-0.2, -0.15) is 0 Å². The van der Waals surface area contributed by atoms with Gasteiger partial charge in [-0.15, -0.1) is 0 Å². The molecule has 0 N–H and O–H groups in total. The van der Waals surface area contributed by atoms with Gasteiger partial charge in [0.05, 0.1) is 6.61 Å². The summed E-state index contributed by atoms with van der Waals surface area (Å²) in [4.78, 5) is 0. The first-order valence-corrected chi connectivity index (χ1v) is 5.45. The highest BCUT2D eigenvalue weighted by atomic mass is 79.9. The summed E-state index contributed by atoms with van der Waals surface area (Å²) in [5.41, 5.74) is 1.34. The highest BCUT2D eigenvalue weighted by molar-refractivity contribution is 9.10. The number of hydrogen-bond acceptors (Lipinski definition) is 0. The standard InChI is InChI=1S/C11H14BrO/c12-11-8-4-3-7-10(11)6-2-1-5-9-13/h3-4,7-8H,1-2,5-6,9H2. The predicted molar refractivity (Wildman–Crippen MR) is 57.3 cm³/mol. The molecule has 0 heterocycles. The molecule has 0 aliphatic rings. The Bertz CT molecular complexity index is 248. The van der Waals surface area contributed by atoms with Gasteiger partial charge in [0.15, 0.2) is 0 Å². The first kappa shape index (κ1) is 10.7. The molecule has 1 radical (unpaired) electrons. The molecule has 0 aliphatic carbocycles. The topological polar surface area (TPSA) is 19.9 Å². The average molecular weight is 242 g/mol. The van der Waals surface area contributed by atoms with Gasteiger partial charge in [0.1, 0.15) is 0 Å². The number of benzene rings is 1. The lowest BCUT2D eigenvalue weighted by Crippen LogP contribution is -1.88. The summed E-state index contributed by atoms with van der Waals surface area (Å²) >= 11 is 3.50. The lowest BCUT2D eigenvalue weighted by molar-refractivity contribution is 0.186. The monoisotopic (exact) mass is 241 g/mol. The normalized spacial score (nSPS) is 10.3. The summed E-state index contributed by atoms with van der Waals surface area (Å²) in [6.45, 7) is 0.0654. The van der Waals surface area contributed by atoms with Gasteiger partial charge < -0.3 is 0 Å². The van der Waals surface area contributed by atoms with Gasteiger partial charge in [-0.3, -0.25) is 0 Å². The van der Waals surface area contributed by atoms with Gasteiger partial charge in [0, 0.05) is 4.47 Å². The van der Waals surface area contributed by atoms with Crippen LogP contribution < -0.4 is 0 Å². The molecule has 71 valence electrons. The van der Waals surface area contributed by atoms with Crippen LogP contribution in [-0.4, -0.2) is 6.61 Å². The van der Waals surface area contributed by atoms with E-state index in [0.29, 0.717) is 0 Å². The number of unbranched alkanes of at least 4 members (excludes halogenated alkanes) is 2. The lowest BCUT2D eigenvalue weighted by Gasteiger charge is -2.02. The second-order valence-electron chi connectivity index (χ2n) is 3.11. The molecule has 1 aromatic rings. The van der Waals surface area contributed by atoms with Crippen molar-refractivity contribution in [2.75, 3.05) is 6.61 Å². The minimum Gasteiger partial charge on any atom is -0.237 e. The zero-order chi connectivity index (χ0) is 9.52. The molecular formula is C11H14BrO. The van der Waals surface area contributed by atoms with E-state index in [1.165, 1.54) is 10.0 Å². The maximum absolute atomic E-state index is 10.2. The van der Waals surface area contributed by atoms with E-state index in [1.807, 2.05) is 12.1 Å². The summed E-state index contributed by atoms with van der Waals surface area (Å²) in [6.07, 6.45) is 4.04. The van der Waals surface area contributed by atoms with E-state index < -0.39 is 0 Å². The molecule has 0 bridgehead atoms. The van der Waals surface area contributed by atoms with E-state index in [9.17, 15) is 5.11 Å². The molecule has 1 aromatic carbocycles. The van der Waals surface area contributed by atoms with E-state index in [1.54, 1.807) is 0 Å². The van der Waals surface area contributed by atoms with Crippen LogP contribution in [0.15, 0.2) is 28.7 Å². The van der Waals surface area contributed by atoms with Crippen molar-refractivity contribution in [2.45, 2.75) is 25.7 Å². The number of aryl methyl sites for hydroxylation is 1. The minimum atomic E-state index is 0.0654. The third-order valence-corrected chi connectivity index (χ3v) is 2.82. The molecule has 13 heavy (non-hydrogen) atoms. The molecule has 2 heteroatoms. The van der Waals surface area contributed by atoms with Gasteiger partial charge in [0.2, 0.25) is 0 Å². The second kappa shape index (κ2) is 6.17. The summed E-state index contributed by atoms with van der Waals surface area (Å²) in [6, 6.07) is 8.25. The van der Waals surface area contributed by atoms with Crippen LogP contribution in [0.4, 0.5) is 0 Å². The Morgan fingerprint density at radius 2 is 1.85 bits per heavy atom. The fraction of sp³-hybridized carbons (Fsp3) is 0.455. The van der Waals surface area contributed by atoms with Crippen molar-refractivity contribution < 1.29 is 5.11 Å². The Kier molecular flexibility index (Phi) is 5.09. The summed E-state index contributed by atoms with van der Waals surface area (Å²) < 4.78 is 1.18. The predicted octanol–water partition coefficient (Wildman–Crippen LogP) is 3.59. The Balaban J connectivity index is 2.32. The van der Waals surface area contributed by atoms with Crippen molar-refractivity contribution in [3.63, 3.8) is 0 Å². The van der Waals surface area contributed by atoms with Crippen molar-refractivity contribution >= 4 is 15.9 Å². The van der Waals surface area contributed by atoms with Crippen molar-refractivity contribution in [1.29, 1.82) is 0 Å². The second-order valence-corrected chi connectivity index (χ2v) is 3.96. The van der Waals surface area contributed by atoms with Gasteiger partial charge in [-0.05, 0) is 30.9 Å². The van der Waals surface area contributed by atoms with E-state index in [4.69, 9.17) is 0 Å². The van der Waals surface area contributed by atoms with Crippen LogP contribution in [0.1, 0.15) is 24.8 Å². The molecule has 0 aliphatic heterocycles. The van der Waals surface area contributed by atoms with Gasteiger partial charge in [-0.25, -0.2) is 5.11 Å². The molecule has 0 fully saturated rings. The molecule has 0 amide bonds. The molecule has 1 rings (SSSR count). The van der Waals surface area contributed by atoms with E-state index >= 15 is 0 Å². The summed E-state index contributed by atoms with van der Waals surface area (Å²) in [7, 11) is 0. The first-order valence-electron chi connectivity index (χ1n) is 4.66. The summed E-state index contributed by atoms with van der Waals surface area (Å²) in [5.74, 6) is 0. The van der Waals surface area contributed by atoms with Crippen LogP contribution in [0.3, 0.4) is 0 Å². The van der Waals surface area contributed by atoms with E-state index in [-0.39, 0.29) is 6.61 Å². The molecule has 0 spiro atoms. The van der Waals surface area contributed by atoms with Crippen LogP contribution in [0.2, 0.25) is 0 Å². The van der Waals surface area contributed by atoms with Crippen LogP contribution in [0.5, 0.6) is 0 Å². The lowest BCUT2D eigenvalue weighted by atomic mass is 10.1. The van der Waals surface area contributed by atoms with Crippen LogP contribution in [0, 0.1) is 0 Å². The Hall–Kier alpha value is -0.340. The zero-order valence-electron chi connectivity index (χ0n) is 7.63. The quantitative estimate of drug-likeness (QED) is 0.703. The Morgan fingerprint density at radius 1 is 1.08 bits per heavy atom. The Morgan fingerprint density at radius 3 is 2.54 bits per heavy atom. The molecule has 0 saturated carbocycles. The van der Waals surface area contributed by atoms with Crippen molar-refractivity contribution in [1.82, 2.24) is 0 Å². The number of rotatable bonds is 5. The van der Waals surface area contributed by atoms with E-state index in [0.717, 1.165) is 25.7 Å². The Labute approximate surface area is 87.9 Å². The van der Waals surface area contributed by atoms with Gasteiger partial charge >= 0.3 is 0 Å². The van der Waals surface area contributed by atoms with Crippen LogP contribution in [0.25, 0.3) is 0 Å². The number of halogens is 1. The molecule has 1 nitrogen and oxygen atoms in total. The highest BCUT2D eigenvalue weighted by Crippen LogP contribution is 2.18. The molecule has 0 atom stereocenters. The third-order valence-electron chi connectivity index (χ3n) is 2.05. The van der Waals surface area contributed by atoms with Crippen molar-refractivity contribution in [3.05, 3.63) is 34.3 Å². The summed E-state index contributed by atoms with van der Waals surface area (Å²) in [5, 5.41) is 10.2. The van der Waals surface area contributed by atoms with E-state index in [2.05, 4.69) is 28.1 Å². The third kappa shape index (κ3) is 3.92. The fourth-order valence-corrected chi connectivity index (χ4v) is 1.78. The average Bonchev–Trinajstić information content (AvgIpc) is 2.15. The van der Waals surface area contributed by atoms with Gasteiger partial charge in [-0.1, -0.05) is 40.5 Å². The number of hydrogen-bond donors (Lipinski definition) is 0. The molecule has 0 unspecified atom stereocenters. The molecule has 0 aromatic heterocycles. The maximum Gasteiger partial charge on any atom is 0.0822 e. The zero-order valence-corrected chi connectivity index (χ0v) is 9.22. The van der Waals surface area contributed by atoms with Crippen LogP contribution in [-0.2, 0) is 11.5 Å². The van der Waals surface area contributed by atoms with Crippen molar-refractivity contribution in [3.8, 4) is 0 Å². The molecule has 0 saturated heterocycles. The first-order chi connectivity index (χ1) is 6.34. The fourth-order valence-electron chi connectivity index (χ4n) is 1.30. The van der Waals surface area contributed by atoms with Gasteiger partial charge in [0.25, 0.3) is 0 Å².